The van der Waals surface area contributed by atoms with Crippen LogP contribution in [0.25, 0.3) is 0 Å². The lowest BCUT2D eigenvalue weighted by molar-refractivity contribution is 0.0182. The molecule has 1 aliphatic rings. The molecular formula is C10H15F2N3O3. The first-order valence-electron chi connectivity index (χ1n) is 5.75. The zero-order valence-corrected chi connectivity index (χ0v) is 9.77. The van der Waals surface area contributed by atoms with Gasteiger partial charge in [0.1, 0.15) is 12.6 Å². The molecule has 1 aliphatic heterocycles. The summed E-state index contributed by atoms with van der Waals surface area (Å²) in [5.74, 6) is 0.908. The fourth-order valence-electron chi connectivity index (χ4n) is 1.57. The van der Waals surface area contributed by atoms with Crippen molar-refractivity contribution >= 4 is 0 Å². The number of hydrogen-bond acceptors (Lipinski definition) is 6. The summed E-state index contributed by atoms with van der Waals surface area (Å²) in [4.78, 5) is 4.16. The maximum atomic E-state index is 11.8. The van der Waals surface area contributed by atoms with Gasteiger partial charge in [-0.25, -0.2) is 8.78 Å². The van der Waals surface area contributed by atoms with Crippen molar-refractivity contribution < 1.29 is 22.8 Å². The summed E-state index contributed by atoms with van der Waals surface area (Å²) < 4.78 is 38.7. The SMILES string of the molecule is FC(F)COCCc1noc(C2COCCN2)n1. The Morgan fingerprint density at radius 2 is 2.39 bits per heavy atom. The van der Waals surface area contributed by atoms with Crippen molar-refractivity contribution in [2.75, 3.05) is 33.0 Å². The average Bonchev–Trinajstić information content (AvgIpc) is 2.84. The van der Waals surface area contributed by atoms with Crippen molar-refractivity contribution in [3.8, 4) is 0 Å². The van der Waals surface area contributed by atoms with Gasteiger partial charge in [0.2, 0.25) is 5.89 Å². The molecular weight excluding hydrogens is 248 g/mol. The van der Waals surface area contributed by atoms with Crippen LogP contribution < -0.4 is 5.32 Å². The van der Waals surface area contributed by atoms with E-state index >= 15 is 0 Å². The van der Waals surface area contributed by atoms with E-state index in [9.17, 15) is 8.78 Å². The molecule has 2 rings (SSSR count). The minimum Gasteiger partial charge on any atom is -0.378 e. The van der Waals surface area contributed by atoms with Gasteiger partial charge < -0.3 is 19.3 Å². The van der Waals surface area contributed by atoms with Gasteiger partial charge in [0, 0.05) is 13.0 Å². The number of halogens is 2. The van der Waals surface area contributed by atoms with Crippen LogP contribution in [0.3, 0.4) is 0 Å². The van der Waals surface area contributed by atoms with Gasteiger partial charge in [-0.2, -0.15) is 4.98 Å². The lowest BCUT2D eigenvalue weighted by Gasteiger charge is -2.20. The zero-order chi connectivity index (χ0) is 12.8. The molecule has 0 aliphatic carbocycles. The van der Waals surface area contributed by atoms with E-state index in [1.54, 1.807) is 0 Å². The topological polar surface area (TPSA) is 69.4 Å². The van der Waals surface area contributed by atoms with Crippen LogP contribution in [-0.4, -0.2) is 49.5 Å². The predicted octanol–water partition coefficient (Wildman–Crippen LogP) is 0.555. The summed E-state index contributed by atoms with van der Waals surface area (Å²) in [7, 11) is 0. The third-order valence-corrected chi connectivity index (χ3v) is 2.42. The number of nitrogens with one attached hydrogen (secondary N) is 1. The fourth-order valence-corrected chi connectivity index (χ4v) is 1.57. The summed E-state index contributed by atoms with van der Waals surface area (Å²) in [6, 6.07) is -0.0954. The van der Waals surface area contributed by atoms with Crippen molar-refractivity contribution in [3.05, 3.63) is 11.7 Å². The Hall–Kier alpha value is -1.12. The van der Waals surface area contributed by atoms with Crippen LogP contribution in [-0.2, 0) is 15.9 Å². The highest BCUT2D eigenvalue weighted by Gasteiger charge is 2.21. The molecule has 18 heavy (non-hydrogen) atoms. The van der Waals surface area contributed by atoms with Gasteiger partial charge in [0.05, 0.1) is 19.8 Å². The molecule has 0 radical (unpaired) electrons. The van der Waals surface area contributed by atoms with Gasteiger partial charge in [-0.05, 0) is 0 Å². The first kappa shape index (κ1) is 13.3. The van der Waals surface area contributed by atoms with Gasteiger partial charge in [-0.1, -0.05) is 5.16 Å². The number of ether oxygens (including phenoxy) is 2. The number of hydrogen-bond donors (Lipinski definition) is 1. The van der Waals surface area contributed by atoms with E-state index in [1.807, 2.05) is 0 Å². The molecule has 102 valence electrons. The number of morpholine rings is 1. The number of alkyl halides is 2. The first-order valence-corrected chi connectivity index (χ1v) is 5.75. The average molecular weight is 263 g/mol. The summed E-state index contributed by atoms with van der Waals surface area (Å²) in [5.41, 5.74) is 0. The first-order chi connectivity index (χ1) is 8.75. The van der Waals surface area contributed by atoms with E-state index < -0.39 is 13.0 Å². The highest BCUT2D eigenvalue weighted by Crippen LogP contribution is 2.13. The van der Waals surface area contributed by atoms with E-state index in [-0.39, 0.29) is 12.6 Å². The van der Waals surface area contributed by atoms with Gasteiger partial charge in [0.15, 0.2) is 5.82 Å². The smallest absolute Gasteiger partial charge is 0.261 e. The summed E-state index contributed by atoms with van der Waals surface area (Å²) >= 11 is 0. The Balaban J connectivity index is 1.75. The predicted molar refractivity (Wildman–Crippen MR) is 56.4 cm³/mol. The summed E-state index contributed by atoms with van der Waals surface area (Å²) in [5, 5.41) is 6.94. The van der Waals surface area contributed by atoms with Crippen LogP contribution in [0.1, 0.15) is 17.8 Å². The summed E-state index contributed by atoms with van der Waals surface area (Å²) in [6.45, 7) is 1.48. The largest absolute Gasteiger partial charge is 0.378 e. The van der Waals surface area contributed by atoms with Crippen LogP contribution in [0, 0.1) is 0 Å². The van der Waals surface area contributed by atoms with Gasteiger partial charge >= 0.3 is 0 Å². The van der Waals surface area contributed by atoms with Crippen LogP contribution in [0.2, 0.25) is 0 Å². The van der Waals surface area contributed by atoms with E-state index in [4.69, 9.17) is 14.0 Å². The molecule has 6 nitrogen and oxygen atoms in total. The maximum absolute atomic E-state index is 11.8. The lowest BCUT2D eigenvalue weighted by Crippen LogP contribution is -2.34. The van der Waals surface area contributed by atoms with E-state index in [1.165, 1.54) is 0 Å². The Labute approximate surface area is 103 Å². The quantitative estimate of drug-likeness (QED) is 0.756. The Morgan fingerprint density at radius 1 is 1.50 bits per heavy atom. The molecule has 8 heteroatoms. The third-order valence-electron chi connectivity index (χ3n) is 2.42. The van der Waals surface area contributed by atoms with Crippen LogP contribution >= 0.6 is 0 Å². The number of nitrogens with zero attached hydrogens (tertiary/aromatic N) is 2. The van der Waals surface area contributed by atoms with E-state index in [0.717, 1.165) is 6.54 Å². The maximum Gasteiger partial charge on any atom is 0.261 e. The molecule has 1 unspecified atom stereocenters. The standard InChI is InChI=1S/C10H15F2N3O3/c11-8(12)6-16-3-1-9-14-10(18-15-9)7-5-17-4-2-13-7/h7-8,13H,1-6H2. The molecule has 1 aromatic rings. The van der Waals surface area contributed by atoms with Crippen LogP contribution in [0.15, 0.2) is 4.52 Å². The Kier molecular flexibility index (Phi) is 4.97. The monoisotopic (exact) mass is 263 g/mol. The normalized spacial score (nSPS) is 20.5. The van der Waals surface area contributed by atoms with Crippen molar-refractivity contribution in [2.45, 2.75) is 18.9 Å². The van der Waals surface area contributed by atoms with E-state index in [0.29, 0.717) is 31.3 Å². The number of aromatic nitrogens is 2. The molecule has 0 spiro atoms. The molecule has 0 bridgehead atoms. The highest BCUT2D eigenvalue weighted by molar-refractivity contribution is 4.94. The highest BCUT2D eigenvalue weighted by atomic mass is 19.3. The second-order valence-electron chi connectivity index (χ2n) is 3.85. The van der Waals surface area contributed by atoms with Crippen LogP contribution in [0.4, 0.5) is 8.78 Å². The second-order valence-corrected chi connectivity index (χ2v) is 3.85. The molecule has 0 saturated carbocycles. The molecule has 1 saturated heterocycles. The molecule has 0 amide bonds. The van der Waals surface area contributed by atoms with Crippen molar-refractivity contribution in [2.24, 2.45) is 0 Å². The van der Waals surface area contributed by atoms with Gasteiger partial charge in [0.25, 0.3) is 6.43 Å². The molecule has 1 atom stereocenters. The number of rotatable bonds is 6. The lowest BCUT2D eigenvalue weighted by atomic mass is 10.3. The van der Waals surface area contributed by atoms with Crippen molar-refractivity contribution in [1.29, 1.82) is 0 Å². The molecule has 2 heterocycles. The van der Waals surface area contributed by atoms with Crippen molar-refractivity contribution in [1.82, 2.24) is 15.5 Å². The van der Waals surface area contributed by atoms with Crippen LogP contribution in [0.5, 0.6) is 0 Å². The Morgan fingerprint density at radius 3 is 3.11 bits per heavy atom. The minimum absolute atomic E-state index is 0.0954. The second kappa shape index (κ2) is 6.72. The summed E-state index contributed by atoms with van der Waals surface area (Å²) in [6.07, 6.45) is -2.10. The van der Waals surface area contributed by atoms with E-state index in [2.05, 4.69) is 15.5 Å². The van der Waals surface area contributed by atoms with Crippen molar-refractivity contribution in [3.63, 3.8) is 0 Å². The third kappa shape index (κ3) is 3.97. The van der Waals surface area contributed by atoms with Gasteiger partial charge in [-0.3, -0.25) is 0 Å². The van der Waals surface area contributed by atoms with Gasteiger partial charge in [-0.15, -0.1) is 0 Å². The zero-order valence-electron chi connectivity index (χ0n) is 9.77. The molecule has 1 fully saturated rings. The Bertz CT molecular complexity index is 356. The molecule has 0 aromatic carbocycles. The fraction of sp³-hybridized carbons (Fsp3) is 0.800. The minimum atomic E-state index is -2.45. The molecule has 1 aromatic heterocycles. The molecule has 1 N–H and O–H groups in total.